The van der Waals surface area contributed by atoms with E-state index in [1.807, 2.05) is 6.26 Å². The molecule has 0 aliphatic carbocycles. The van der Waals surface area contributed by atoms with Gasteiger partial charge in [-0.15, -0.1) is 0 Å². The minimum absolute atomic E-state index is 0.0825. The Labute approximate surface area is 108 Å². The van der Waals surface area contributed by atoms with Crippen LogP contribution in [0.25, 0.3) is 5.65 Å². The summed E-state index contributed by atoms with van der Waals surface area (Å²) >= 11 is 1.33. The molecule has 18 heavy (non-hydrogen) atoms. The molecule has 2 heterocycles. The van der Waals surface area contributed by atoms with Crippen molar-refractivity contribution in [1.82, 2.24) is 14.4 Å². The first-order valence-corrected chi connectivity index (χ1v) is 6.64. The van der Waals surface area contributed by atoms with Crippen molar-refractivity contribution in [3.63, 3.8) is 0 Å². The molecule has 2 aromatic heterocycles. The maximum atomic E-state index is 12.3. The first-order valence-electron chi connectivity index (χ1n) is 5.42. The maximum Gasteiger partial charge on any atom is 0.263 e. The Balaban J connectivity index is 2.87. The molecule has 0 aliphatic rings. The van der Waals surface area contributed by atoms with E-state index >= 15 is 0 Å². The van der Waals surface area contributed by atoms with Crippen molar-refractivity contribution in [2.24, 2.45) is 0 Å². The lowest BCUT2D eigenvalue weighted by Crippen LogP contribution is -2.24. The van der Waals surface area contributed by atoms with Crippen LogP contribution in [0.1, 0.15) is 11.3 Å². The molecular formula is C11H14N4O2S. The number of thioether (sulfide) groups is 1. The van der Waals surface area contributed by atoms with Crippen molar-refractivity contribution in [3.8, 4) is 0 Å². The van der Waals surface area contributed by atoms with E-state index in [0.29, 0.717) is 34.3 Å². The molecule has 2 rings (SSSR count). The first kappa shape index (κ1) is 12.8. The molecule has 0 amide bonds. The Hall–Kier alpha value is -1.60. The third-order valence-corrected chi connectivity index (χ3v) is 3.29. The number of rotatable bonds is 3. The number of aliphatic hydroxyl groups excluding tert-OH is 1. The molecule has 0 aromatic carbocycles. The summed E-state index contributed by atoms with van der Waals surface area (Å²) in [6.45, 7) is 1.67. The quantitative estimate of drug-likeness (QED) is 0.610. The van der Waals surface area contributed by atoms with Crippen LogP contribution >= 0.6 is 11.8 Å². The zero-order valence-corrected chi connectivity index (χ0v) is 11.0. The molecule has 0 saturated carbocycles. The van der Waals surface area contributed by atoms with E-state index < -0.39 is 0 Å². The lowest BCUT2D eigenvalue weighted by Gasteiger charge is -2.10. The number of aryl methyl sites for hydroxylation is 1. The second-order valence-corrected chi connectivity index (χ2v) is 4.59. The Morgan fingerprint density at radius 2 is 2.22 bits per heavy atom. The average Bonchev–Trinajstić information content (AvgIpc) is 2.32. The van der Waals surface area contributed by atoms with Gasteiger partial charge in [0.1, 0.15) is 11.5 Å². The summed E-state index contributed by atoms with van der Waals surface area (Å²) < 4.78 is 1.43. The fraction of sp³-hybridized carbons (Fsp3) is 0.364. The van der Waals surface area contributed by atoms with E-state index in [2.05, 4.69) is 9.97 Å². The number of fused-ring (bicyclic) bond motifs is 1. The molecule has 0 aliphatic heterocycles. The smallest absolute Gasteiger partial charge is 0.263 e. The summed E-state index contributed by atoms with van der Waals surface area (Å²) in [7, 11) is 0. The second kappa shape index (κ2) is 4.95. The van der Waals surface area contributed by atoms with Crippen LogP contribution in [0.5, 0.6) is 0 Å². The van der Waals surface area contributed by atoms with Gasteiger partial charge in [0.25, 0.3) is 5.56 Å². The first-order chi connectivity index (χ1) is 8.58. The van der Waals surface area contributed by atoms with E-state index in [9.17, 15) is 4.79 Å². The number of nitrogens with zero attached hydrogens (tertiary/aromatic N) is 3. The molecule has 96 valence electrons. The number of hydrogen-bond acceptors (Lipinski definition) is 6. The number of anilines is 1. The van der Waals surface area contributed by atoms with Crippen molar-refractivity contribution < 1.29 is 5.11 Å². The fourth-order valence-corrected chi connectivity index (χ4v) is 2.38. The van der Waals surface area contributed by atoms with Gasteiger partial charge in [-0.1, -0.05) is 11.8 Å². The van der Waals surface area contributed by atoms with Gasteiger partial charge in [-0.3, -0.25) is 4.79 Å². The zero-order chi connectivity index (χ0) is 13.3. The topological polar surface area (TPSA) is 93.5 Å². The lowest BCUT2D eigenvalue weighted by molar-refractivity contribution is 0.298. The highest BCUT2D eigenvalue weighted by atomic mass is 32.2. The van der Waals surface area contributed by atoms with E-state index in [1.54, 1.807) is 13.0 Å². The Morgan fingerprint density at radius 3 is 2.83 bits per heavy atom. The van der Waals surface area contributed by atoms with E-state index in [0.717, 1.165) is 0 Å². The molecule has 6 nitrogen and oxygen atoms in total. The summed E-state index contributed by atoms with van der Waals surface area (Å²) in [5, 5.41) is 9.50. The predicted octanol–water partition coefficient (Wildman–Crippen LogP) is 0.237. The number of nitrogen functional groups attached to an aromatic ring is 1. The summed E-state index contributed by atoms with van der Waals surface area (Å²) in [5.74, 6) is 0.334. The number of nitrogens with two attached hydrogens (primary N) is 1. The highest BCUT2D eigenvalue weighted by molar-refractivity contribution is 7.98. The summed E-state index contributed by atoms with van der Waals surface area (Å²) in [6, 6.07) is 1.57. The van der Waals surface area contributed by atoms with Gasteiger partial charge in [-0.25, -0.2) is 14.4 Å². The molecule has 0 saturated heterocycles. The van der Waals surface area contributed by atoms with Crippen LogP contribution in [0, 0.1) is 6.92 Å². The fourth-order valence-electron chi connectivity index (χ4n) is 1.83. The summed E-state index contributed by atoms with van der Waals surface area (Å²) in [5.41, 5.74) is 7.10. The second-order valence-electron chi connectivity index (χ2n) is 3.82. The highest BCUT2D eigenvalue weighted by Gasteiger charge is 2.13. The lowest BCUT2D eigenvalue weighted by atomic mass is 10.2. The number of aromatic nitrogens is 3. The van der Waals surface area contributed by atoms with Gasteiger partial charge in [-0.2, -0.15) is 0 Å². The van der Waals surface area contributed by atoms with Crippen molar-refractivity contribution in [1.29, 1.82) is 0 Å². The molecule has 0 fully saturated rings. The average molecular weight is 266 g/mol. The minimum Gasteiger partial charge on any atom is -0.396 e. The van der Waals surface area contributed by atoms with Crippen LogP contribution in [0.4, 0.5) is 5.82 Å². The van der Waals surface area contributed by atoms with Crippen LogP contribution in [-0.4, -0.2) is 32.3 Å². The van der Waals surface area contributed by atoms with Gasteiger partial charge >= 0.3 is 0 Å². The number of hydrogen-bond donors (Lipinski definition) is 2. The van der Waals surface area contributed by atoms with Crippen LogP contribution < -0.4 is 11.3 Å². The predicted molar refractivity (Wildman–Crippen MR) is 71.0 cm³/mol. The van der Waals surface area contributed by atoms with Gasteiger partial charge in [0.15, 0.2) is 5.16 Å². The minimum atomic E-state index is -0.191. The molecule has 0 spiro atoms. The van der Waals surface area contributed by atoms with Crippen LogP contribution in [0.15, 0.2) is 16.0 Å². The van der Waals surface area contributed by atoms with Crippen molar-refractivity contribution >= 4 is 23.2 Å². The molecule has 0 bridgehead atoms. The van der Waals surface area contributed by atoms with Crippen molar-refractivity contribution in [3.05, 3.63) is 27.7 Å². The van der Waals surface area contributed by atoms with E-state index in [1.165, 1.54) is 16.2 Å². The summed E-state index contributed by atoms with van der Waals surface area (Å²) in [6.07, 6.45) is 2.11. The molecule has 0 radical (unpaired) electrons. The van der Waals surface area contributed by atoms with Gasteiger partial charge < -0.3 is 10.8 Å². The molecular weight excluding hydrogens is 252 g/mol. The van der Waals surface area contributed by atoms with Gasteiger partial charge in [0, 0.05) is 30.4 Å². The normalized spacial score (nSPS) is 11.1. The molecule has 0 atom stereocenters. The Morgan fingerprint density at radius 1 is 1.50 bits per heavy atom. The van der Waals surface area contributed by atoms with Crippen LogP contribution in [-0.2, 0) is 6.42 Å². The SMILES string of the molecule is CSc1nc(N)cc2nc(C)c(CCO)c(=O)n12. The standard InChI is InChI=1S/C11H14N4O2S/c1-6-7(3-4-16)10(17)15-9(13-6)5-8(12)14-11(15)18-2/h5,16H,3-4,12H2,1-2H3. The molecule has 0 unspecified atom stereocenters. The monoisotopic (exact) mass is 266 g/mol. The van der Waals surface area contributed by atoms with Crippen molar-refractivity contribution in [2.45, 2.75) is 18.5 Å². The largest absolute Gasteiger partial charge is 0.396 e. The van der Waals surface area contributed by atoms with Crippen LogP contribution in [0.3, 0.4) is 0 Å². The molecule has 7 heteroatoms. The Kier molecular flexibility index (Phi) is 3.53. The third kappa shape index (κ3) is 2.06. The molecule has 2 aromatic rings. The van der Waals surface area contributed by atoms with E-state index in [-0.39, 0.29) is 12.2 Å². The summed E-state index contributed by atoms with van der Waals surface area (Å²) in [4.78, 5) is 20.8. The Bertz CT molecular complexity index is 654. The van der Waals surface area contributed by atoms with Crippen LogP contribution in [0.2, 0.25) is 0 Å². The third-order valence-electron chi connectivity index (χ3n) is 2.65. The van der Waals surface area contributed by atoms with E-state index in [4.69, 9.17) is 10.8 Å². The van der Waals surface area contributed by atoms with Gasteiger partial charge in [0.05, 0.1) is 0 Å². The highest BCUT2D eigenvalue weighted by Crippen LogP contribution is 2.15. The number of aliphatic hydroxyl groups is 1. The van der Waals surface area contributed by atoms with Crippen molar-refractivity contribution in [2.75, 3.05) is 18.6 Å². The van der Waals surface area contributed by atoms with Gasteiger partial charge in [0.2, 0.25) is 0 Å². The zero-order valence-electron chi connectivity index (χ0n) is 10.2. The molecule has 3 N–H and O–H groups in total. The maximum absolute atomic E-state index is 12.3. The van der Waals surface area contributed by atoms with Gasteiger partial charge in [-0.05, 0) is 13.2 Å².